The highest BCUT2D eigenvalue weighted by Crippen LogP contribution is 2.58. The van der Waals surface area contributed by atoms with Crippen LogP contribution in [0.1, 0.15) is 68.7 Å². The number of fused-ring (bicyclic) bond motifs is 1. The van der Waals surface area contributed by atoms with Gasteiger partial charge in [0.15, 0.2) is 0 Å². The number of hydrogen-bond donors (Lipinski definition) is 5. The van der Waals surface area contributed by atoms with Crippen LogP contribution in [0.4, 0.5) is 0 Å². The van der Waals surface area contributed by atoms with E-state index in [1.165, 1.54) is 7.11 Å². The summed E-state index contributed by atoms with van der Waals surface area (Å²) in [6.45, 7) is 4.23. The number of hydrogen-bond acceptors (Lipinski definition) is 8. The predicted molar refractivity (Wildman–Crippen MR) is 156 cm³/mol. The molecule has 3 rings (SSSR count). The SMILES string of the molecule is CCCC[C@]1(CC)CS(O)(O)c2cc(CN[C@@H](CCS(C)(=O)=O)C(=O)O)c(OC)cc2[C@@H](c2ccccc2)N1. The first kappa shape index (κ1) is 31.4. The molecule has 1 aliphatic rings. The Labute approximate surface area is 233 Å². The van der Waals surface area contributed by atoms with Crippen LogP contribution in [-0.4, -0.2) is 65.1 Å². The maximum atomic E-state index is 11.8. The van der Waals surface area contributed by atoms with Crippen molar-refractivity contribution in [3.63, 3.8) is 0 Å². The molecule has 0 amide bonds. The molecule has 0 unspecified atom stereocenters. The number of nitrogens with one attached hydrogen (secondary N) is 2. The summed E-state index contributed by atoms with van der Waals surface area (Å²) in [5.74, 6) is -0.782. The number of methoxy groups -OCH3 is 1. The lowest BCUT2D eigenvalue weighted by Crippen LogP contribution is -2.49. The third kappa shape index (κ3) is 7.96. The third-order valence-corrected chi connectivity index (χ3v) is 10.4. The van der Waals surface area contributed by atoms with Gasteiger partial charge in [0, 0.05) is 29.5 Å². The van der Waals surface area contributed by atoms with Crippen molar-refractivity contribution < 1.29 is 32.2 Å². The molecule has 0 fully saturated rings. The van der Waals surface area contributed by atoms with Crippen molar-refractivity contribution in [2.75, 3.05) is 24.9 Å². The average Bonchev–Trinajstić information content (AvgIpc) is 2.98. The van der Waals surface area contributed by atoms with Gasteiger partial charge < -0.3 is 15.2 Å². The van der Waals surface area contributed by atoms with E-state index < -0.39 is 38.0 Å². The van der Waals surface area contributed by atoms with E-state index in [1.807, 2.05) is 36.4 Å². The van der Waals surface area contributed by atoms with Gasteiger partial charge in [0.05, 0.1) is 29.6 Å². The van der Waals surface area contributed by atoms with Gasteiger partial charge in [0.1, 0.15) is 21.6 Å². The van der Waals surface area contributed by atoms with Crippen LogP contribution in [0.15, 0.2) is 47.4 Å². The van der Waals surface area contributed by atoms with Gasteiger partial charge in [-0.25, -0.2) is 8.42 Å². The molecule has 1 aliphatic heterocycles. The molecule has 0 saturated heterocycles. The lowest BCUT2D eigenvalue weighted by Gasteiger charge is -2.42. The van der Waals surface area contributed by atoms with Crippen molar-refractivity contribution in [1.82, 2.24) is 10.6 Å². The van der Waals surface area contributed by atoms with Gasteiger partial charge in [-0.1, -0.05) is 57.0 Å². The van der Waals surface area contributed by atoms with Gasteiger partial charge in [-0.3, -0.25) is 19.2 Å². The first-order chi connectivity index (χ1) is 18.3. The van der Waals surface area contributed by atoms with Gasteiger partial charge in [0.2, 0.25) is 0 Å². The molecule has 3 atom stereocenters. The Kier molecular flexibility index (Phi) is 10.5. The molecule has 0 aromatic heterocycles. The van der Waals surface area contributed by atoms with E-state index in [0.29, 0.717) is 28.2 Å². The van der Waals surface area contributed by atoms with Crippen LogP contribution in [-0.2, 0) is 21.2 Å². The van der Waals surface area contributed by atoms with E-state index >= 15 is 0 Å². The molecule has 2 aromatic rings. The smallest absolute Gasteiger partial charge is 0.320 e. The fraction of sp³-hybridized carbons (Fsp3) is 0.536. The van der Waals surface area contributed by atoms with Crippen LogP contribution in [0, 0.1) is 0 Å². The van der Waals surface area contributed by atoms with Gasteiger partial charge in [-0.15, -0.1) is 0 Å². The van der Waals surface area contributed by atoms with E-state index in [1.54, 1.807) is 6.07 Å². The summed E-state index contributed by atoms with van der Waals surface area (Å²) in [5.41, 5.74) is 1.76. The number of aliphatic carboxylic acids is 1. The maximum absolute atomic E-state index is 11.8. The van der Waals surface area contributed by atoms with Crippen LogP contribution in [0.25, 0.3) is 0 Å². The van der Waals surface area contributed by atoms with E-state index in [9.17, 15) is 27.4 Å². The Morgan fingerprint density at radius 2 is 1.92 bits per heavy atom. The number of carboxylic acid groups (broad SMARTS) is 1. The molecule has 0 saturated carbocycles. The second kappa shape index (κ2) is 13.0. The molecule has 0 bridgehead atoms. The Hall–Kier alpha value is -2.15. The number of rotatable bonds is 13. The number of ether oxygens (including phenoxy) is 1. The summed E-state index contributed by atoms with van der Waals surface area (Å²) in [5, 5.41) is 16.4. The number of carbonyl (C=O) groups is 1. The molecule has 39 heavy (non-hydrogen) atoms. The fourth-order valence-corrected chi connectivity index (χ4v) is 8.08. The zero-order chi connectivity index (χ0) is 28.8. The minimum Gasteiger partial charge on any atom is -0.496 e. The van der Waals surface area contributed by atoms with Crippen LogP contribution in [0.2, 0.25) is 0 Å². The molecule has 0 radical (unpaired) electrons. The van der Waals surface area contributed by atoms with Crippen LogP contribution in [0.3, 0.4) is 0 Å². The zero-order valence-corrected chi connectivity index (χ0v) is 24.8. The topological polar surface area (TPSA) is 145 Å². The largest absolute Gasteiger partial charge is 0.496 e. The van der Waals surface area contributed by atoms with Crippen molar-refractivity contribution in [1.29, 1.82) is 0 Å². The normalized spacial score (nSPS) is 22.4. The van der Waals surface area contributed by atoms with E-state index in [4.69, 9.17) is 4.74 Å². The highest BCUT2D eigenvalue weighted by atomic mass is 32.3. The lowest BCUT2D eigenvalue weighted by atomic mass is 9.88. The summed E-state index contributed by atoms with van der Waals surface area (Å²) >= 11 is 0. The monoisotopic (exact) mass is 582 g/mol. The molecule has 0 aliphatic carbocycles. The van der Waals surface area contributed by atoms with Gasteiger partial charge in [-0.05, 0) is 37.0 Å². The average molecular weight is 583 g/mol. The zero-order valence-electron chi connectivity index (χ0n) is 23.1. The summed E-state index contributed by atoms with van der Waals surface area (Å²) < 4.78 is 52.2. The van der Waals surface area contributed by atoms with E-state index in [2.05, 4.69) is 24.5 Å². The van der Waals surface area contributed by atoms with Gasteiger partial charge in [-0.2, -0.15) is 10.6 Å². The van der Waals surface area contributed by atoms with Gasteiger partial charge >= 0.3 is 5.97 Å². The highest BCUT2D eigenvalue weighted by molar-refractivity contribution is 8.24. The van der Waals surface area contributed by atoms with Crippen molar-refractivity contribution in [3.05, 3.63) is 59.2 Å². The second-order valence-corrected chi connectivity index (χ2v) is 14.8. The lowest BCUT2D eigenvalue weighted by molar-refractivity contribution is -0.139. The first-order valence-electron chi connectivity index (χ1n) is 13.3. The minimum atomic E-state index is -3.33. The number of sulfone groups is 1. The second-order valence-electron chi connectivity index (χ2n) is 10.4. The fourth-order valence-electron chi connectivity index (χ4n) is 5.17. The van der Waals surface area contributed by atoms with E-state index in [0.717, 1.165) is 31.1 Å². The van der Waals surface area contributed by atoms with Crippen LogP contribution >= 0.6 is 10.6 Å². The number of carboxylic acids is 1. The summed E-state index contributed by atoms with van der Waals surface area (Å²) in [7, 11) is -5.06. The van der Waals surface area contributed by atoms with E-state index in [-0.39, 0.29) is 30.5 Å². The van der Waals surface area contributed by atoms with Crippen molar-refractivity contribution in [3.8, 4) is 5.75 Å². The quantitative estimate of drug-likeness (QED) is 0.225. The first-order valence-corrected chi connectivity index (χ1v) is 17.1. The summed E-state index contributed by atoms with van der Waals surface area (Å²) in [6.07, 6.45) is 4.41. The Bertz CT molecular complexity index is 1240. The molecule has 5 N–H and O–H groups in total. The summed E-state index contributed by atoms with van der Waals surface area (Å²) in [4.78, 5) is 12.2. The Balaban J connectivity index is 2.08. The number of benzene rings is 2. The van der Waals surface area contributed by atoms with Crippen LogP contribution < -0.4 is 15.4 Å². The molecule has 11 heteroatoms. The van der Waals surface area contributed by atoms with Crippen molar-refractivity contribution >= 4 is 26.4 Å². The van der Waals surface area contributed by atoms with Crippen molar-refractivity contribution in [2.24, 2.45) is 0 Å². The standard InChI is InChI=1S/C28H42N2O7S2/c1-5-7-14-28(6-2)19-39(35,36)25-16-21(18-29-23(27(31)32)13-15-38(4,33)34)24(37-3)17-22(25)26(30-28)20-11-9-8-10-12-20/h8-12,16-17,23,26,29-30,35-36H,5-7,13-15,18-19H2,1-4H3,(H,31,32)/t23-,26+,28+/m0/s1. The number of unbranched alkanes of at least 4 members (excludes halogenated alkanes) is 1. The molecular weight excluding hydrogens is 540 g/mol. The summed E-state index contributed by atoms with van der Waals surface area (Å²) in [6, 6.07) is 12.0. The van der Waals surface area contributed by atoms with Gasteiger partial charge in [0.25, 0.3) is 0 Å². The maximum Gasteiger partial charge on any atom is 0.320 e. The van der Waals surface area contributed by atoms with Crippen molar-refractivity contribution in [2.45, 2.75) is 75.0 Å². The molecule has 1 heterocycles. The minimum absolute atomic E-state index is 0.0465. The molecular formula is C28H42N2O7S2. The highest BCUT2D eigenvalue weighted by Gasteiger charge is 2.42. The Morgan fingerprint density at radius 3 is 2.49 bits per heavy atom. The Morgan fingerprint density at radius 1 is 1.23 bits per heavy atom. The molecule has 0 spiro atoms. The predicted octanol–water partition coefficient (Wildman–Crippen LogP) is 4.81. The molecule has 2 aromatic carbocycles. The third-order valence-electron chi connectivity index (χ3n) is 7.44. The van der Waals surface area contributed by atoms with Crippen LogP contribution in [0.5, 0.6) is 5.75 Å². The molecule has 218 valence electrons. The molecule has 9 nitrogen and oxygen atoms in total.